The third kappa shape index (κ3) is 3.25. The highest BCUT2D eigenvalue weighted by molar-refractivity contribution is 5.30. The van der Waals surface area contributed by atoms with Crippen LogP contribution in [0.4, 0.5) is 13.2 Å². The molecule has 0 saturated heterocycles. The Balaban J connectivity index is 2.11. The summed E-state index contributed by atoms with van der Waals surface area (Å²) in [6, 6.07) is 9.99. The van der Waals surface area contributed by atoms with Crippen molar-refractivity contribution in [3.8, 4) is 11.6 Å². The van der Waals surface area contributed by atoms with Crippen molar-refractivity contribution in [3.63, 3.8) is 0 Å². The van der Waals surface area contributed by atoms with E-state index in [4.69, 9.17) is 4.74 Å². The first-order chi connectivity index (χ1) is 12.3. The van der Waals surface area contributed by atoms with Gasteiger partial charge in [0.25, 0.3) is 5.88 Å². The molecule has 0 atom stereocenters. The van der Waals surface area contributed by atoms with Crippen LogP contribution in [0.3, 0.4) is 0 Å². The second-order valence-electron chi connectivity index (χ2n) is 5.19. The molecule has 26 heavy (non-hydrogen) atoms. The number of methoxy groups -OCH3 is 1. The summed E-state index contributed by atoms with van der Waals surface area (Å²) in [4.78, 5) is 24.9. The van der Waals surface area contributed by atoms with Gasteiger partial charge in [-0.3, -0.25) is 4.79 Å². The van der Waals surface area contributed by atoms with E-state index in [0.717, 1.165) is 16.8 Å². The maximum Gasteiger partial charge on any atom is 0.449 e. The molecular formula is C16H12F3N3O4. The average Bonchev–Trinajstić information content (AvgIpc) is 3.09. The highest BCUT2D eigenvalue weighted by Gasteiger charge is 2.34. The lowest BCUT2D eigenvalue weighted by atomic mass is 10.3. The molecule has 3 aromatic rings. The molecule has 0 aliphatic heterocycles. The Morgan fingerprint density at radius 1 is 1.12 bits per heavy atom. The lowest BCUT2D eigenvalue weighted by molar-refractivity contribution is -0.153. The maximum atomic E-state index is 12.6. The number of hydrogen-bond donors (Lipinski definition) is 0. The Kier molecular flexibility index (Phi) is 4.41. The van der Waals surface area contributed by atoms with Crippen LogP contribution in [0.2, 0.25) is 0 Å². The van der Waals surface area contributed by atoms with Gasteiger partial charge in [-0.25, -0.2) is 9.36 Å². The molecule has 2 heterocycles. The molecule has 7 nitrogen and oxygen atoms in total. The van der Waals surface area contributed by atoms with Crippen molar-refractivity contribution in [1.29, 1.82) is 0 Å². The van der Waals surface area contributed by atoms with Crippen molar-refractivity contribution in [3.05, 3.63) is 74.8 Å². The van der Waals surface area contributed by atoms with E-state index < -0.39 is 29.7 Å². The van der Waals surface area contributed by atoms with Gasteiger partial charge in [0.2, 0.25) is 5.76 Å². The Labute approximate surface area is 143 Å². The van der Waals surface area contributed by atoms with E-state index in [-0.39, 0.29) is 11.6 Å². The molecule has 0 unspecified atom stereocenters. The third-order valence-electron chi connectivity index (χ3n) is 3.48. The second kappa shape index (κ2) is 6.54. The van der Waals surface area contributed by atoms with Crippen LogP contribution in [-0.4, -0.2) is 21.5 Å². The summed E-state index contributed by atoms with van der Waals surface area (Å²) in [6.45, 7) is -0.501. The van der Waals surface area contributed by atoms with Crippen LogP contribution in [0, 0.1) is 0 Å². The van der Waals surface area contributed by atoms with E-state index in [0.29, 0.717) is 10.3 Å². The largest absolute Gasteiger partial charge is 0.476 e. The molecule has 0 radical (unpaired) electrons. The van der Waals surface area contributed by atoms with Crippen molar-refractivity contribution in [2.75, 3.05) is 7.11 Å². The maximum absolute atomic E-state index is 12.6. The van der Waals surface area contributed by atoms with Gasteiger partial charge in [-0.05, 0) is 24.3 Å². The van der Waals surface area contributed by atoms with Crippen molar-refractivity contribution in [1.82, 2.24) is 14.3 Å². The number of ether oxygens (including phenoxy) is 1. The number of halogens is 3. The van der Waals surface area contributed by atoms with Gasteiger partial charge in [0.1, 0.15) is 5.76 Å². The highest BCUT2D eigenvalue weighted by atomic mass is 19.4. The SMILES string of the molecule is COc1nn(-c2ccccc2)c(=O)n(Cc2ccc(C(F)(F)F)o2)c1=O. The van der Waals surface area contributed by atoms with Gasteiger partial charge in [-0.1, -0.05) is 18.2 Å². The fourth-order valence-electron chi connectivity index (χ4n) is 2.27. The fourth-order valence-corrected chi connectivity index (χ4v) is 2.27. The summed E-state index contributed by atoms with van der Waals surface area (Å²) in [5.74, 6) is -1.80. The van der Waals surface area contributed by atoms with E-state index in [1.165, 1.54) is 7.11 Å². The predicted octanol–water partition coefficient (Wildman–Crippen LogP) is 2.06. The van der Waals surface area contributed by atoms with Crippen LogP contribution in [-0.2, 0) is 12.7 Å². The average molecular weight is 367 g/mol. The number of aromatic nitrogens is 3. The Morgan fingerprint density at radius 3 is 2.38 bits per heavy atom. The Morgan fingerprint density at radius 2 is 1.81 bits per heavy atom. The number of rotatable bonds is 4. The summed E-state index contributed by atoms with van der Waals surface area (Å²) in [6.07, 6.45) is -4.66. The third-order valence-corrected chi connectivity index (χ3v) is 3.48. The molecule has 0 saturated carbocycles. The quantitative estimate of drug-likeness (QED) is 0.705. The van der Waals surface area contributed by atoms with Gasteiger partial charge in [0.15, 0.2) is 0 Å². The van der Waals surface area contributed by atoms with Gasteiger partial charge < -0.3 is 9.15 Å². The topological polar surface area (TPSA) is 79.3 Å². The molecular weight excluding hydrogens is 355 g/mol. The van der Waals surface area contributed by atoms with Crippen LogP contribution in [0.5, 0.6) is 5.88 Å². The fraction of sp³-hybridized carbons (Fsp3) is 0.188. The van der Waals surface area contributed by atoms with E-state index >= 15 is 0 Å². The standard InChI is InChI=1S/C16H12F3N3O4/c1-25-13-14(23)21(9-11-7-8-12(26-11)16(17,18)19)15(24)22(20-13)10-5-3-2-4-6-10/h2-8H,9H2,1H3. The van der Waals surface area contributed by atoms with Gasteiger partial charge in [0.05, 0.1) is 19.3 Å². The van der Waals surface area contributed by atoms with Crippen molar-refractivity contribution in [2.24, 2.45) is 0 Å². The smallest absolute Gasteiger partial charge is 0.449 e. The van der Waals surface area contributed by atoms with Crippen molar-refractivity contribution < 1.29 is 22.3 Å². The summed E-state index contributed by atoms with van der Waals surface area (Å²) < 4.78 is 49.1. The number of nitrogens with zero attached hydrogens (tertiary/aromatic N) is 3. The molecule has 0 aliphatic rings. The zero-order chi connectivity index (χ0) is 18.9. The highest BCUT2D eigenvalue weighted by Crippen LogP contribution is 2.30. The predicted molar refractivity (Wildman–Crippen MR) is 83.5 cm³/mol. The van der Waals surface area contributed by atoms with Crippen molar-refractivity contribution >= 4 is 0 Å². The lowest BCUT2D eigenvalue weighted by Crippen LogP contribution is -2.41. The normalized spacial score (nSPS) is 11.5. The minimum atomic E-state index is -4.66. The van der Waals surface area contributed by atoms with Crippen molar-refractivity contribution in [2.45, 2.75) is 12.7 Å². The molecule has 2 aromatic heterocycles. The molecule has 0 fully saturated rings. The van der Waals surface area contributed by atoms with E-state index in [9.17, 15) is 22.8 Å². The lowest BCUT2D eigenvalue weighted by Gasteiger charge is -2.10. The molecule has 0 aliphatic carbocycles. The zero-order valence-corrected chi connectivity index (χ0v) is 13.4. The molecule has 0 bridgehead atoms. The zero-order valence-electron chi connectivity index (χ0n) is 13.4. The molecule has 1 aromatic carbocycles. The second-order valence-corrected chi connectivity index (χ2v) is 5.19. The van der Waals surface area contributed by atoms with Crippen LogP contribution in [0.25, 0.3) is 5.69 Å². The van der Waals surface area contributed by atoms with Gasteiger partial charge in [-0.15, -0.1) is 5.10 Å². The molecule has 136 valence electrons. The number of alkyl halides is 3. The molecule has 0 spiro atoms. The van der Waals surface area contributed by atoms with Gasteiger partial charge in [-0.2, -0.15) is 17.9 Å². The number of benzene rings is 1. The Hall–Kier alpha value is -3.30. The molecule has 0 amide bonds. The minimum absolute atomic E-state index is 0.204. The van der Waals surface area contributed by atoms with E-state index in [2.05, 4.69) is 9.52 Å². The first-order valence-corrected chi connectivity index (χ1v) is 7.30. The molecule has 3 rings (SSSR count). The van der Waals surface area contributed by atoms with E-state index in [1.807, 2.05) is 0 Å². The van der Waals surface area contributed by atoms with Crippen LogP contribution in [0.1, 0.15) is 11.5 Å². The van der Waals surface area contributed by atoms with Crippen LogP contribution < -0.4 is 16.0 Å². The summed E-state index contributed by atoms with van der Waals surface area (Å²) in [5.41, 5.74) is -1.36. The van der Waals surface area contributed by atoms with Crippen LogP contribution >= 0.6 is 0 Å². The number of furan rings is 1. The first-order valence-electron chi connectivity index (χ1n) is 7.30. The number of para-hydroxylation sites is 1. The summed E-state index contributed by atoms with van der Waals surface area (Å²) in [7, 11) is 1.20. The summed E-state index contributed by atoms with van der Waals surface area (Å²) >= 11 is 0. The molecule has 0 N–H and O–H groups in total. The Bertz CT molecular complexity index is 1040. The van der Waals surface area contributed by atoms with Gasteiger partial charge in [0, 0.05) is 0 Å². The van der Waals surface area contributed by atoms with E-state index in [1.54, 1.807) is 30.3 Å². The van der Waals surface area contributed by atoms with Gasteiger partial charge >= 0.3 is 17.4 Å². The first kappa shape index (κ1) is 17.5. The molecule has 10 heteroatoms. The number of hydrogen-bond acceptors (Lipinski definition) is 5. The minimum Gasteiger partial charge on any atom is -0.476 e. The van der Waals surface area contributed by atoms with Crippen LogP contribution in [0.15, 0.2) is 56.5 Å². The monoisotopic (exact) mass is 367 g/mol. The summed E-state index contributed by atoms with van der Waals surface area (Å²) in [5, 5.41) is 3.85.